The Morgan fingerprint density at radius 3 is 2.84 bits per heavy atom. The summed E-state index contributed by atoms with van der Waals surface area (Å²) in [6.07, 6.45) is 1.66. The number of aromatic nitrogens is 1. The van der Waals surface area contributed by atoms with Gasteiger partial charge < -0.3 is 9.47 Å². The molecule has 0 unspecified atom stereocenters. The lowest BCUT2D eigenvalue weighted by molar-refractivity contribution is 0.0526. The fraction of sp³-hybridized carbons (Fsp3) is 0.200. The smallest absolute Gasteiger partial charge is 0.338 e. The first-order valence-corrected chi connectivity index (χ1v) is 5.98. The average molecular weight is 257 g/mol. The van der Waals surface area contributed by atoms with E-state index >= 15 is 0 Å². The minimum atomic E-state index is -0.365. The van der Waals surface area contributed by atoms with Gasteiger partial charge in [0.25, 0.3) is 0 Å². The molecule has 0 bridgehead atoms. The Balaban J connectivity index is 2.60. The van der Waals surface area contributed by atoms with Crippen molar-refractivity contribution in [2.24, 2.45) is 0 Å². The van der Waals surface area contributed by atoms with Gasteiger partial charge in [-0.2, -0.15) is 0 Å². The van der Waals surface area contributed by atoms with Gasteiger partial charge in [0.2, 0.25) is 0 Å². The Hall–Kier alpha value is -2.36. The second-order valence-corrected chi connectivity index (χ2v) is 3.91. The molecule has 1 aromatic heterocycles. The van der Waals surface area contributed by atoms with Crippen molar-refractivity contribution in [3.63, 3.8) is 0 Å². The van der Waals surface area contributed by atoms with E-state index in [1.54, 1.807) is 32.2 Å². The number of ether oxygens (including phenoxy) is 2. The molecule has 0 radical (unpaired) electrons. The Labute approximate surface area is 111 Å². The van der Waals surface area contributed by atoms with Crippen LogP contribution < -0.4 is 4.74 Å². The number of esters is 1. The van der Waals surface area contributed by atoms with Crippen molar-refractivity contribution in [1.82, 2.24) is 4.98 Å². The molecule has 0 saturated heterocycles. The van der Waals surface area contributed by atoms with Crippen LogP contribution in [0.2, 0.25) is 0 Å². The third-order valence-corrected chi connectivity index (χ3v) is 2.72. The van der Waals surface area contributed by atoms with Gasteiger partial charge in [0, 0.05) is 5.39 Å². The van der Waals surface area contributed by atoms with Crippen LogP contribution in [0, 0.1) is 0 Å². The van der Waals surface area contributed by atoms with Crippen molar-refractivity contribution in [1.29, 1.82) is 0 Å². The number of hydrogen-bond donors (Lipinski definition) is 0. The van der Waals surface area contributed by atoms with E-state index in [-0.39, 0.29) is 5.97 Å². The van der Waals surface area contributed by atoms with Gasteiger partial charge in [0.05, 0.1) is 25.0 Å². The van der Waals surface area contributed by atoms with Crippen LogP contribution in [0.25, 0.3) is 17.0 Å². The highest BCUT2D eigenvalue weighted by atomic mass is 16.5. The summed E-state index contributed by atoms with van der Waals surface area (Å²) < 4.78 is 10.3. The second-order valence-electron chi connectivity index (χ2n) is 3.91. The van der Waals surface area contributed by atoms with Gasteiger partial charge in [-0.25, -0.2) is 9.78 Å². The maximum absolute atomic E-state index is 11.8. The highest BCUT2D eigenvalue weighted by Crippen LogP contribution is 2.26. The number of carbonyl (C=O) groups is 1. The van der Waals surface area contributed by atoms with Crippen molar-refractivity contribution < 1.29 is 14.3 Å². The van der Waals surface area contributed by atoms with Crippen LogP contribution in [-0.4, -0.2) is 24.7 Å². The lowest BCUT2D eigenvalue weighted by Crippen LogP contribution is -2.05. The number of rotatable bonds is 4. The van der Waals surface area contributed by atoms with Crippen LogP contribution in [0.5, 0.6) is 5.75 Å². The summed E-state index contributed by atoms with van der Waals surface area (Å²) in [5, 5.41) is 0.827. The van der Waals surface area contributed by atoms with E-state index in [0.717, 1.165) is 11.1 Å². The number of fused-ring (bicyclic) bond motifs is 1. The molecule has 0 atom stereocenters. The van der Waals surface area contributed by atoms with Gasteiger partial charge in [-0.15, -0.1) is 0 Å². The Morgan fingerprint density at radius 2 is 2.21 bits per heavy atom. The molecule has 1 aromatic carbocycles. The molecule has 0 fully saturated rings. The molecule has 2 rings (SSSR count). The number of pyridine rings is 1. The van der Waals surface area contributed by atoms with Crippen LogP contribution in [0.1, 0.15) is 23.0 Å². The molecule has 2 aromatic rings. The minimum absolute atomic E-state index is 0.340. The van der Waals surface area contributed by atoms with E-state index in [2.05, 4.69) is 11.6 Å². The van der Waals surface area contributed by atoms with Gasteiger partial charge in [0.15, 0.2) is 0 Å². The molecule has 0 amide bonds. The first-order chi connectivity index (χ1) is 9.19. The van der Waals surface area contributed by atoms with Crippen LogP contribution in [0.3, 0.4) is 0 Å². The molecule has 0 N–H and O–H groups in total. The average Bonchev–Trinajstić information content (AvgIpc) is 2.45. The first-order valence-electron chi connectivity index (χ1n) is 5.98. The summed E-state index contributed by atoms with van der Waals surface area (Å²) in [6, 6.07) is 7.10. The maximum Gasteiger partial charge on any atom is 0.338 e. The Kier molecular flexibility index (Phi) is 3.80. The van der Waals surface area contributed by atoms with Gasteiger partial charge in [-0.3, -0.25) is 0 Å². The lowest BCUT2D eigenvalue weighted by Gasteiger charge is -2.09. The van der Waals surface area contributed by atoms with Crippen LogP contribution in [0.15, 0.2) is 30.8 Å². The molecule has 0 saturated carbocycles. The van der Waals surface area contributed by atoms with Gasteiger partial charge in [-0.05, 0) is 31.2 Å². The number of benzene rings is 1. The van der Waals surface area contributed by atoms with Crippen LogP contribution in [-0.2, 0) is 4.74 Å². The van der Waals surface area contributed by atoms with Crippen LogP contribution >= 0.6 is 0 Å². The molecule has 4 nitrogen and oxygen atoms in total. The second kappa shape index (κ2) is 5.52. The quantitative estimate of drug-likeness (QED) is 0.790. The van der Waals surface area contributed by atoms with E-state index in [1.807, 2.05) is 12.1 Å². The summed E-state index contributed by atoms with van der Waals surface area (Å²) >= 11 is 0. The first kappa shape index (κ1) is 13.1. The van der Waals surface area contributed by atoms with E-state index in [1.165, 1.54) is 0 Å². The molecule has 98 valence electrons. The fourth-order valence-corrected chi connectivity index (χ4v) is 1.82. The summed E-state index contributed by atoms with van der Waals surface area (Å²) in [5.41, 5.74) is 1.92. The summed E-state index contributed by atoms with van der Waals surface area (Å²) in [5.74, 6) is 0.180. The largest absolute Gasteiger partial charge is 0.494 e. The van der Waals surface area contributed by atoms with Crippen molar-refractivity contribution in [2.45, 2.75) is 6.92 Å². The number of carbonyl (C=O) groups excluding carboxylic acids is 1. The van der Waals surface area contributed by atoms with Gasteiger partial charge in [-0.1, -0.05) is 12.6 Å². The molecule has 0 spiro atoms. The predicted molar refractivity (Wildman–Crippen MR) is 74.3 cm³/mol. The molecular weight excluding hydrogens is 242 g/mol. The predicted octanol–water partition coefficient (Wildman–Crippen LogP) is 3.06. The molecule has 0 aliphatic carbocycles. The normalized spacial score (nSPS) is 10.2. The summed E-state index contributed by atoms with van der Waals surface area (Å²) in [7, 11) is 1.55. The molecular formula is C15H15NO3. The minimum Gasteiger partial charge on any atom is -0.494 e. The zero-order valence-corrected chi connectivity index (χ0v) is 11.0. The zero-order valence-electron chi connectivity index (χ0n) is 11.0. The van der Waals surface area contributed by atoms with E-state index in [4.69, 9.17) is 9.47 Å². The van der Waals surface area contributed by atoms with Crippen LogP contribution in [0.4, 0.5) is 0 Å². The highest BCUT2D eigenvalue weighted by Gasteiger charge is 2.12. The topological polar surface area (TPSA) is 48.4 Å². The Bertz CT molecular complexity index is 635. The number of nitrogens with zero attached hydrogens (tertiary/aromatic N) is 1. The summed E-state index contributed by atoms with van der Waals surface area (Å²) in [4.78, 5) is 16.2. The maximum atomic E-state index is 11.8. The lowest BCUT2D eigenvalue weighted by atomic mass is 10.1. The van der Waals surface area contributed by atoms with E-state index < -0.39 is 0 Å². The van der Waals surface area contributed by atoms with Gasteiger partial charge in [0.1, 0.15) is 11.3 Å². The molecule has 4 heteroatoms. The van der Waals surface area contributed by atoms with Crippen molar-refractivity contribution in [2.75, 3.05) is 13.7 Å². The van der Waals surface area contributed by atoms with Gasteiger partial charge >= 0.3 is 5.97 Å². The zero-order chi connectivity index (χ0) is 13.8. The Morgan fingerprint density at radius 1 is 1.42 bits per heavy atom. The van der Waals surface area contributed by atoms with E-state index in [9.17, 15) is 4.79 Å². The van der Waals surface area contributed by atoms with Crippen molar-refractivity contribution >= 4 is 22.9 Å². The molecule has 0 aliphatic heterocycles. The monoisotopic (exact) mass is 257 g/mol. The number of methoxy groups -OCH3 is 1. The molecule has 19 heavy (non-hydrogen) atoms. The number of hydrogen-bond acceptors (Lipinski definition) is 4. The highest BCUT2D eigenvalue weighted by molar-refractivity contribution is 5.97. The fourth-order valence-electron chi connectivity index (χ4n) is 1.82. The molecule has 1 heterocycles. The SMILES string of the molecule is C=Cc1ccc2cc(C(=O)OCC)cc(OC)c2n1. The van der Waals surface area contributed by atoms with Crippen molar-refractivity contribution in [3.8, 4) is 5.75 Å². The molecule has 0 aliphatic rings. The standard InChI is InChI=1S/C15H15NO3/c1-4-12-7-6-10-8-11(15(17)19-5-2)9-13(18-3)14(10)16-12/h4,6-9H,1,5H2,2-3H3. The van der Waals surface area contributed by atoms with E-state index in [0.29, 0.717) is 23.4 Å². The third-order valence-electron chi connectivity index (χ3n) is 2.72. The van der Waals surface area contributed by atoms with Crippen molar-refractivity contribution in [3.05, 3.63) is 42.1 Å². The summed E-state index contributed by atoms with van der Waals surface area (Å²) in [6.45, 7) is 5.80. The third kappa shape index (κ3) is 2.57.